The summed E-state index contributed by atoms with van der Waals surface area (Å²) >= 11 is 1.74. The molecule has 1 unspecified atom stereocenters. The predicted molar refractivity (Wildman–Crippen MR) is 97.2 cm³/mol. The van der Waals surface area contributed by atoms with E-state index in [1.807, 2.05) is 24.3 Å². The lowest BCUT2D eigenvalue weighted by molar-refractivity contribution is 0.0526. The minimum atomic E-state index is -3.67. The lowest BCUT2D eigenvalue weighted by atomic mass is 10.1. The number of nitrogens with one attached hydrogen (secondary N) is 1. The number of thioether (sulfide) groups is 1. The number of ether oxygens (including phenoxy) is 1. The summed E-state index contributed by atoms with van der Waals surface area (Å²) in [5, 5.41) is 0. The number of carbonyl (C=O) groups excluding carboxylic acids is 1. The van der Waals surface area contributed by atoms with E-state index in [0.717, 1.165) is 22.6 Å². The van der Waals surface area contributed by atoms with Gasteiger partial charge in [-0.15, -0.1) is 11.8 Å². The van der Waals surface area contributed by atoms with E-state index in [-0.39, 0.29) is 17.5 Å². The Morgan fingerprint density at radius 3 is 2.64 bits per heavy atom. The summed E-state index contributed by atoms with van der Waals surface area (Å²) in [6.07, 6.45) is 0.738. The maximum Gasteiger partial charge on any atom is 0.338 e. The lowest BCUT2D eigenvalue weighted by Crippen LogP contribution is -2.30. The van der Waals surface area contributed by atoms with E-state index in [9.17, 15) is 13.2 Å². The first-order valence-corrected chi connectivity index (χ1v) is 10.5. The first-order chi connectivity index (χ1) is 12.0. The van der Waals surface area contributed by atoms with Crippen LogP contribution in [0.5, 0.6) is 0 Å². The number of carbonyl (C=O) groups is 1. The van der Waals surface area contributed by atoms with Crippen LogP contribution in [-0.4, -0.2) is 26.7 Å². The highest BCUT2D eigenvalue weighted by Crippen LogP contribution is 2.36. The molecule has 1 aliphatic rings. The van der Waals surface area contributed by atoms with Crippen LogP contribution in [-0.2, 0) is 14.8 Å². The van der Waals surface area contributed by atoms with Gasteiger partial charge in [-0.3, -0.25) is 0 Å². The van der Waals surface area contributed by atoms with Gasteiger partial charge in [0.05, 0.1) is 17.1 Å². The first kappa shape index (κ1) is 18.0. The molecule has 1 heterocycles. The minimum Gasteiger partial charge on any atom is -0.462 e. The number of sulfonamides is 1. The van der Waals surface area contributed by atoms with Gasteiger partial charge in [-0.2, -0.15) is 0 Å². The fourth-order valence-corrected chi connectivity index (χ4v) is 5.08. The van der Waals surface area contributed by atoms with Gasteiger partial charge in [-0.05, 0) is 55.0 Å². The van der Waals surface area contributed by atoms with E-state index in [2.05, 4.69) is 4.72 Å². The maximum absolute atomic E-state index is 12.7. The zero-order chi connectivity index (χ0) is 17.9. The van der Waals surface area contributed by atoms with Gasteiger partial charge in [-0.25, -0.2) is 17.9 Å². The number of fused-ring (bicyclic) bond motifs is 1. The smallest absolute Gasteiger partial charge is 0.338 e. The fourth-order valence-electron chi connectivity index (χ4n) is 2.70. The highest BCUT2D eigenvalue weighted by molar-refractivity contribution is 7.99. The molecule has 0 aliphatic carbocycles. The predicted octanol–water partition coefficient (Wildman–Crippen LogP) is 3.38. The average Bonchev–Trinajstić information content (AvgIpc) is 2.62. The topological polar surface area (TPSA) is 72.5 Å². The fraction of sp³-hybridized carbons (Fsp3) is 0.278. The van der Waals surface area contributed by atoms with Crippen LogP contribution in [0.2, 0.25) is 0 Å². The van der Waals surface area contributed by atoms with Gasteiger partial charge in [0.15, 0.2) is 0 Å². The monoisotopic (exact) mass is 377 g/mol. The van der Waals surface area contributed by atoms with Gasteiger partial charge < -0.3 is 4.74 Å². The molecular weight excluding hydrogens is 358 g/mol. The zero-order valence-corrected chi connectivity index (χ0v) is 15.4. The van der Waals surface area contributed by atoms with Crippen molar-refractivity contribution in [1.82, 2.24) is 4.72 Å². The zero-order valence-electron chi connectivity index (χ0n) is 13.8. The van der Waals surface area contributed by atoms with Crippen LogP contribution in [0.25, 0.3) is 0 Å². The van der Waals surface area contributed by atoms with Gasteiger partial charge >= 0.3 is 5.97 Å². The SMILES string of the molecule is CCOC(=O)c1ccc(S(=O)(=O)NC2CCSc3ccccc32)cc1. The molecule has 7 heteroatoms. The quantitative estimate of drug-likeness (QED) is 0.809. The lowest BCUT2D eigenvalue weighted by Gasteiger charge is -2.25. The van der Waals surface area contributed by atoms with E-state index in [1.54, 1.807) is 18.7 Å². The standard InChI is InChI=1S/C18H19NO4S2/c1-2-23-18(20)13-7-9-14(10-8-13)25(21,22)19-16-11-12-24-17-6-4-3-5-15(16)17/h3-10,16,19H,2,11-12H2,1H3. The van der Waals surface area contributed by atoms with Crippen molar-refractivity contribution in [2.24, 2.45) is 0 Å². The Morgan fingerprint density at radius 2 is 1.92 bits per heavy atom. The van der Waals surface area contributed by atoms with Crippen LogP contribution in [0.4, 0.5) is 0 Å². The maximum atomic E-state index is 12.7. The van der Waals surface area contributed by atoms with Gasteiger partial charge in [0.1, 0.15) is 0 Å². The van der Waals surface area contributed by atoms with Crippen molar-refractivity contribution in [2.75, 3.05) is 12.4 Å². The van der Waals surface area contributed by atoms with Crippen molar-refractivity contribution in [3.63, 3.8) is 0 Å². The van der Waals surface area contributed by atoms with Crippen LogP contribution in [0.3, 0.4) is 0 Å². The molecule has 0 fully saturated rings. The van der Waals surface area contributed by atoms with Gasteiger partial charge in [0, 0.05) is 10.9 Å². The average molecular weight is 377 g/mol. The Labute approximate surface area is 151 Å². The number of benzene rings is 2. The molecule has 1 aliphatic heterocycles. The van der Waals surface area contributed by atoms with E-state index >= 15 is 0 Å². The second kappa shape index (κ2) is 7.59. The molecule has 0 bridgehead atoms. The molecule has 2 aromatic rings. The molecular formula is C18H19NO4S2. The molecule has 0 spiro atoms. The van der Waals surface area contributed by atoms with Gasteiger partial charge in [0.2, 0.25) is 10.0 Å². The van der Waals surface area contributed by atoms with Crippen LogP contribution in [0, 0.1) is 0 Å². The van der Waals surface area contributed by atoms with Crippen molar-refractivity contribution in [3.05, 3.63) is 59.7 Å². The van der Waals surface area contributed by atoms with Crippen LogP contribution >= 0.6 is 11.8 Å². The third-order valence-electron chi connectivity index (χ3n) is 3.93. The van der Waals surface area contributed by atoms with Crippen LogP contribution in [0.15, 0.2) is 58.3 Å². The van der Waals surface area contributed by atoms with E-state index in [0.29, 0.717) is 5.56 Å². The molecule has 0 radical (unpaired) electrons. The van der Waals surface area contributed by atoms with Crippen molar-refractivity contribution in [1.29, 1.82) is 0 Å². The molecule has 1 N–H and O–H groups in total. The van der Waals surface area contributed by atoms with Crippen LogP contribution in [0.1, 0.15) is 35.3 Å². The number of rotatable bonds is 5. The van der Waals surface area contributed by atoms with E-state index < -0.39 is 16.0 Å². The summed E-state index contributed by atoms with van der Waals surface area (Å²) in [6.45, 7) is 2.00. The Bertz CT molecular complexity index is 863. The molecule has 0 saturated carbocycles. The molecule has 3 rings (SSSR count). The summed E-state index contributed by atoms with van der Waals surface area (Å²) in [5.41, 5.74) is 1.34. The van der Waals surface area contributed by atoms with Crippen LogP contribution < -0.4 is 4.72 Å². The Hall–Kier alpha value is -1.83. The van der Waals surface area contributed by atoms with Crippen molar-refractivity contribution < 1.29 is 17.9 Å². The third-order valence-corrected chi connectivity index (χ3v) is 6.54. The summed E-state index contributed by atoms with van der Waals surface area (Å²) in [6, 6.07) is 13.4. The van der Waals surface area contributed by atoms with E-state index in [4.69, 9.17) is 4.74 Å². The third kappa shape index (κ3) is 4.05. The van der Waals surface area contributed by atoms with Crippen molar-refractivity contribution in [3.8, 4) is 0 Å². The van der Waals surface area contributed by atoms with Crippen molar-refractivity contribution in [2.45, 2.75) is 29.2 Å². The van der Waals surface area contributed by atoms with Crippen molar-refractivity contribution >= 4 is 27.8 Å². The second-order valence-corrected chi connectivity index (χ2v) is 8.44. The highest BCUT2D eigenvalue weighted by Gasteiger charge is 2.26. The number of esters is 1. The number of hydrogen-bond acceptors (Lipinski definition) is 5. The Morgan fingerprint density at radius 1 is 1.20 bits per heavy atom. The van der Waals surface area contributed by atoms with Gasteiger partial charge in [0.25, 0.3) is 0 Å². The summed E-state index contributed by atoms with van der Waals surface area (Å²) in [7, 11) is -3.67. The highest BCUT2D eigenvalue weighted by atomic mass is 32.2. The Kier molecular flexibility index (Phi) is 5.46. The van der Waals surface area contributed by atoms with E-state index in [1.165, 1.54) is 24.3 Å². The normalized spacial score (nSPS) is 16.9. The molecule has 2 aromatic carbocycles. The molecule has 132 valence electrons. The minimum absolute atomic E-state index is 0.135. The number of hydrogen-bond donors (Lipinski definition) is 1. The second-order valence-electron chi connectivity index (χ2n) is 5.59. The molecule has 25 heavy (non-hydrogen) atoms. The molecule has 5 nitrogen and oxygen atoms in total. The van der Waals surface area contributed by atoms with Gasteiger partial charge in [-0.1, -0.05) is 18.2 Å². The summed E-state index contributed by atoms with van der Waals surface area (Å²) in [4.78, 5) is 12.9. The summed E-state index contributed by atoms with van der Waals surface area (Å²) < 4.78 is 33.1. The summed E-state index contributed by atoms with van der Waals surface area (Å²) in [5.74, 6) is 0.407. The molecule has 0 aromatic heterocycles. The molecule has 0 saturated heterocycles. The Balaban J connectivity index is 1.80. The molecule has 0 amide bonds. The largest absolute Gasteiger partial charge is 0.462 e. The first-order valence-electron chi connectivity index (χ1n) is 8.02. The molecule has 1 atom stereocenters.